The highest BCUT2D eigenvalue weighted by Crippen LogP contribution is 2.38. The zero-order valence-corrected chi connectivity index (χ0v) is 23.3. The summed E-state index contributed by atoms with van der Waals surface area (Å²) in [6.45, 7) is 0. The summed E-state index contributed by atoms with van der Waals surface area (Å²) in [4.78, 5) is 15.1. The Kier molecular flexibility index (Phi) is 5.29. The summed E-state index contributed by atoms with van der Waals surface area (Å²) in [7, 11) is 0. The zero-order chi connectivity index (χ0) is 28.3. The first-order valence-corrected chi connectivity index (χ1v) is 14.7. The largest absolute Gasteiger partial charge is 0.460 e. The third kappa shape index (κ3) is 3.87. The summed E-state index contributed by atoms with van der Waals surface area (Å²) in [5.41, 5.74) is 4.85. The fourth-order valence-corrected chi connectivity index (χ4v) is 6.49. The van der Waals surface area contributed by atoms with Gasteiger partial charge in [0.25, 0.3) is 0 Å². The normalized spacial score (nSPS) is 12.8. The molecule has 9 rings (SSSR count). The minimum Gasteiger partial charge on any atom is -0.460 e. The average Bonchev–Trinajstić information content (AvgIpc) is 3.47. The van der Waals surface area contributed by atoms with Crippen molar-refractivity contribution >= 4 is 49.4 Å². The topological polar surface area (TPSA) is 51.8 Å². The highest BCUT2D eigenvalue weighted by atomic mass is 16.3. The van der Waals surface area contributed by atoms with Gasteiger partial charge in [0.2, 0.25) is 0 Å². The van der Waals surface area contributed by atoms with E-state index in [-0.39, 0.29) is 0 Å². The molecule has 0 N–H and O–H groups in total. The molecular weight excluding hydrogens is 526 g/mol. The molecule has 0 saturated heterocycles. The summed E-state index contributed by atoms with van der Waals surface area (Å²) < 4.78 is 6.27. The van der Waals surface area contributed by atoms with Gasteiger partial charge in [-0.1, -0.05) is 115 Å². The molecule has 0 bridgehead atoms. The van der Waals surface area contributed by atoms with Crippen molar-refractivity contribution in [1.29, 1.82) is 0 Å². The molecule has 2 aromatic heterocycles. The maximum absolute atomic E-state index is 6.27. The van der Waals surface area contributed by atoms with Crippen LogP contribution >= 0.6 is 0 Å². The molecule has 0 amide bonds. The Morgan fingerprint density at radius 1 is 0.535 bits per heavy atom. The standard InChI is InChI=1S/C39H25N3O/c1-2-10-25(11-3-1)37-40-38(42-39(41-37)33-14-8-16-35-36(33)32-13-6-7-15-34(32)43-35)27-19-20-29-26(23-27)18-22-30-28-12-5-4-9-24(28)17-21-31(29)30/h1-6,8-14,16-23H,7,15H2. The van der Waals surface area contributed by atoms with Crippen molar-refractivity contribution in [3.63, 3.8) is 0 Å². The lowest BCUT2D eigenvalue weighted by Gasteiger charge is -2.11. The Bertz CT molecular complexity index is 2400. The van der Waals surface area contributed by atoms with E-state index in [0.29, 0.717) is 17.5 Å². The smallest absolute Gasteiger partial charge is 0.164 e. The van der Waals surface area contributed by atoms with Crippen molar-refractivity contribution in [1.82, 2.24) is 15.0 Å². The van der Waals surface area contributed by atoms with Gasteiger partial charge in [-0.25, -0.2) is 15.0 Å². The Labute approximate surface area is 248 Å². The lowest BCUT2D eigenvalue weighted by molar-refractivity contribution is 0.546. The van der Waals surface area contributed by atoms with Crippen LogP contribution in [0.1, 0.15) is 17.7 Å². The van der Waals surface area contributed by atoms with Gasteiger partial charge in [-0.3, -0.25) is 0 Å². The molecule has 1 aliphatic rings. The first-order chi connectivity index (χ1) is 21.3. The molecule has 0 atom stereocenters. The first kappa shape index (κ1) is 24.0. The maximum atomic E-state index is 6.27. The van der Waals surface area contributed by atoms with Crippen molar-refractivity contribution in [2.24, 2.45) is 0 Å². The maximum Gasteiger partial charge on any atom is 0.164 e. The second kappa shape index (κ2) is 9.47. The number of rotatable bonds is 3. The molecule has 4 heteroatoms. The SMILES string of the molecule is C1=Cc2c(oc3cccc(-c4nc(-c5ccccc5)nc(-c5ccc6c(ccc7c8ccccc8ccc67)c5)n4)c23)CC1. The van der Waals surface area contributed by atoms with Crippen molar-refractivity contribution in [2.75, 3.05) is 0 Å². The third-order valence-electron chi connectivity index (χ3n) is 8.56. The van der Waals surface area contributed by atoms with Crippen molar-refractivity contribution in [3.05, 3.63) is 133 Å². The number of hydrogen-bond donors (Lipinski definition) is 0. The molecule has 6 aromatic carbocycles. The molecule has 1 aliphatic carbocycles. The van der Waals surface area contributed by atoms with Gasteiger partial charge in [0, 0.05) is 34.1 Å². The number of fused-ring (bicyclic) bond motifs is 8. The molecule has 0 aliphatic heterocycles. The number of furan rings is 1. The van der Waals surface area contributed by atoms with Gasteiger partial charge in [0.05, 0.1) is 0 Å². The molecule has 0 fully saturated rings. The van der Waals surface area contributed by atoms with Crippen LogP contribution in [0.15, 0.2) is 126 Å². The molecule has 0 spiro atoms. The monoisotopic (exact) mass is 551 g/mol. The summed E-state index contributed by atoms with van der Waals surface area (Å²) in [5.74, 6) is 2.96. The summed E-state index contributed by atoms with van der Waals surface area (Å²) in [6.07, 6.45) is 6.28. The summed E-state index contributed by atoms with van der Waals surface area (Å²) in [5, 5.41) is 8.45. The number of nitrogens with zero attached hydrogens (tertiary/aromatic N) is 3. The van der Waals surface area contributed by atoms with Crippen LogP contribution in [-0.4, -0.2) is 15.0 Å². The van der Waals surface area contributed by atoms with Gasteiger partial charge in [0.1, 0.15) is 11.3 Å². The zero-order valence-electron chi connectivity index (χ0n) is 23.3. The van der Waals surface area contributed by atoms with E-state index in [4.69, 9.17) is 19.4 Å². The Balaban J connectivity index is 1.26. The number of hydrogen-bond acceptors (Lipinski definition) is 4. The first-order valence-electron chi connectivity index (χ1n) is 14.7. The lowest BCUT2D eigenvalue weighted by Crippen LogP contribution is -2.00. The Hall–Kier alpha value is -5.61. The van der Waals surface area contributed by atoms with Crippen molar-refractivity contribution in [2.45, 2.75) is 12.8 Å². The number of aryl methyl sites for hydroxylation is 1. The van der Waals surface area contributed by atoms with E-state index in [1.165, 1.54) is 26.9 Å². The van der Waals surface area contributed by atoms with Crippen LogP contribution in [-0.2, 0) is 6.42 Å². The highest BCUT2D eigenvalue weighted by molar-refractivity contribution is 6.17. The molecular formula is C39H25N3O. The fraction of sp³-hybridized carbons (Fsp3) is 0.0513. The van der Waals surface area contributed by atoms with Crippen LogP contribution < -0.4 is 0 Å². The van der Waals surface area contributed by atoms with Crippen molar-refractivity contribution < 1.29 is 4.42 Å². The van der Waals surface area contributed by atoms with Crippen LogP contribution in [0.25, 0.3) is 83.5 Å². The van der Waals surface area contributed by atoms with Gasteiger partial charge in [0.15, 0.2) is 17.5 Å². The predicted molar refractivity (Wildman–Crippen MR) is 176 cm³/mol. The number of benzene rings is 6. The van der Waals surface area contributed by atoms with Gasteiger partial charge < -0.3 is 4.42 Å². The van der Waals surface area contributed by atoms with Crippen LogP contribution in [0, 0.1) is 0 Å². The third-order valence-corrected chi connectivity index (χ3v) is 8.56. The minimum atomic E-state index is 0.641. The molecule has 202 valence electrons. The van der Waals surface area contributed by atoms with Crippen LogP contribution in [0.2, 0.25) is 0 Å². The molecule has 2 heterocycles. The van der Waals surface area contributed by atoms with Gasteiger partial charge in [-0.15, -0.1) is 0 Å². The molecule has 0 unspecified atom stereocenters. The predicted octanol–water partition coefficient (Wildman–Crippen LogP) is 10.0. The van der Waals surface area contributed by atoms with E-state index in [9.17, 15) is 0 Å². The van der Waals surface area contributed by atoms with E-state index in [1.54, 1.807) is 0 Å². The van der Waals surface area contributed by atoms with Crippen LogP contribution in [0.3, 0.4) is 0 Å². The van der Waals surface area contributed by atoms with Crippen molar-refractivity contribution in [3.8, 4) is 34.2 Å². The summed E-state index contributed by atoms with van der Waals surface area (Å²) >= 11 is 0. The van der Waals surface area contributed by atoms with E-state index in [1.807, 2.05) is 42.5 Å². The molecule has 43 heavy (non-hydrogen) atoms. The second-order valence-corrected chi connectivity index (χ2v) is 11.1. The van der Waals surface area contributed by atoms with Gasteiger partial charge >= 0.3 is 0 Å². The van der Waals surface area contributed by atoms with E-state index in [2.05, 4.69) is 84.9 Å². The van der Waals surface area contributed by atoms with Gasteiger partial charge in [-0.05, 0) is 50.9 Å². The second-order valence-electron chi connectivity index (χ2n) is 11.1. The summed E-state index contributed by atoms with van der Waals surface area (Å²) in [6, 6.07) is 40.2. The molecule has 4 nitrogen and oxygen atoms in total. The van der Waals surface area contributed by atoms with E-state index < -0.39 is 0 Å². The minimum absolute atomic E-state index is 0.641. The molecule has 0 saturated carbocycles. The van der Waals surface area contributed by atoms with Crippen LogP contribution in [0.4, 0.5) is 0 Å². The van der Waals surface area contributed by atoms with E-state index >= 15 is 0 Å². The number of allylic oxidation sites excluding steroid dienone is 1. The quantitative estimate of drug-likeness (QED) is 0.205. The lowest BCUT2D eigenvalue weighted by atomic mass is 9.96. The molecule has 0 radical (unpaired) electrons. The van der Waals surface area contributed by atoms with E-state index in [0.717, 1.165) is 57.2 Å². The van der Waals surface area contributed by atoms with Crippen LogP contribution in [0.5, 0.6) is 0 Å². The highest BCUT2D eigenvalue weighted by Gasteiger charge is 2.21. The Morgan fingerprint density at radius 3 is 2.14 bits per heavy atom. The molecule has 8 aromatic rings. The number of aromatic nitrogens is 3. The fourth-order valence-electron chi connectivity index (χ4n) is 6.49. The van der Waals surface area contributed by atoms with Gasteiger partial charge in [-0.2, -0.15) is 0 Å². The Morgan fingerprint density at radius 2 is 1.26 bits per heavy atom. The average molecular weight is 552 g/mol.